The predicted molar refractivity (Wildman–Crippen MR) is 111 cm³/mol. The van der Waals surface area contributed by atoms with Crippen LogP contribution in [0, 0.1) is 75.0 Å². The minimum atomic E-state index is -0.551. The third kappa shape index (κ3) is 4.54. The average molecular weight is 414 g/mol. The minimum Gasteiger partial charge on any atom is -0.271 e. The van der Waals surface area contributed by atoms with Gasteiger partial charge in [0.1, 0.15) is 0 Å². The summed E-state index contributed by atoms with van der Waals surface area (Å²) in [5, 5.41) is 6.16. The maximum Gasteiger partial charge on any atom is 2.00 e. The molecule has 0 spiro atoms. The number of hydrogen-bond donors (Lipinski definition) is 0. The Morgan fingerprint density at radius 3 is 2.00 bits per heavy atom. The molecule has 2 fully saturated rings. The molecule has 0 saturated heterocycles. The van der Waals surface area contributed by atoms with E-state index in [-0.39, 0.29) is 28.9 Å². The first-order valence-electron chi connectivity index (χ1n) is 9.45. The molecule has 0 N–H and O–H groups in total. The van der Waals surface area contributed by atoms with Crippen LogP contribution in [-0.4, -0.2) is 11.6 Å². The van der Waals surface area contributed by atoms with Crippen molar-refractivity contribution in [1.29, 1.82) is 0 Å². The fourth-order valence-electron chi connectivity index (χ4n) is 3.87. The molecule has 0 bridgehead atoms. The summed E-state index contributed by atoms with van der Waals surface area (Å²) in [4.78, 5) is 13.2. The van der Waals surface area contributed by atoms with Gasteiger partial charge in [-0.25, -0.2) is 0 Å². The van der Waals surface area contributed by atoms with Crippen molar-refractivity contribution in [3.63, 3.8) is 0 Å². The molecule has 2 unspecified atom stereocenters. The van der Waals surface area contributed by atoms with Gasteiger partial charge in [0.25, 0.3) is 5.91 Å². The van der Waals surface area contributed by atoms with E-state index in [2.05, 4.69) is 31.8 Å². The molecule has 1 heterocycles. The molecule has 4 heteroatoms. The van der Waals surface area contributed by atoms with Crippen LogP contribution in [0.3, 0.4) is 0 Å². The normalized spacial score (nSPS) is 25.8. The molecule has 2 atom stereocenters. The summed E-state index contributed by atoms with van der Waals surface area (Å²) in [6, 6.07) is 9.65. The second-order valence-electron chi connectivity index (χ2n) is 6.86. The van der Waals surface area contributed by atoms with Gasteiger partial charge in [0.05, 0.1) is 16.8 Å². The van der Waals surface area contributed by atoms with E-state index in [0.717, 1.165) is 17.8 Å². The van der Waals surface area contributed by atoms with Crippen molar-refractivity contribution in [3.05, 3.63) is 94.0 Å². The molecular weight excluding hydrogens is 388 g/mol. The Bertz CT molecular complexity index is 642. The molecule has 0 aromatic heterocycles. The number of para-hydroxylation sites is 1. The van der Waals surface area contributed by atoms with Crippen LogP contribution in [-0.2, 0) is 21.9 Å². The van der Waals surface area contributed by atoms with Crippen LogP contribution >= 0.6 is 0 Å². The van der Waals surface area contributed by atoms with Crippen molar-refractivity contribution < 1.29 is 21.9 Å². The Labute approximate surface area is 181 Å². The molecule has 1 amide bonds. The van der Waals surface area contributed by atoms with Crippen LogP contribution in [0.5, 0.6) is 0 Å². The summed E-state index contributed by atoms with van der Waals surface area (Å²) in [6.45, 7) is 6.18. The van der Waals surface area contributed by atoms with Crippen molar-refractivity contribution in [2.45, 2.75) is 27.2 Å². The first kappa shape index (κ1) is 23.2. The molecule has 4 rings (SSSR count). The summed E-state index contributed by atoms with van der Waals surface area (Å²) >= 11 is 0. The molecule has 144 valence electrons. The zero-order valence-corrected chi connectivity index (χ0v) is 17.6. The van der Waals surface area contributed by atoms with Crippen molar-refractivity contribution in [2.24, 2.45) is 16.4 Å². The number of benzene rings is 1. The van der Waals surface area contributed by atoms with Crippen molar-refractivity contribution in [2.75, 3.05) is 5.01 Å². The standard InChI is InChI=1S/C19H21N2O.C5H5.Fe/c1-4-19(14(2)16-10-8-9-11-16)15(3)20-21(18(19)22)17-12-6-5-7-13-17;1-2-4-5-3-1;/h5-14H,4H2,1-3H3;1-5H;/q;;+2. The van der Waals surface area contributed by atoms with E-state index >= 15 is 0 Å². The summed E-state index contributed by atoms with van der Waals surface area (Å²) < 4.78 is 0. The van der Waals surface area contributed by atoms with Gasteiger partial charge in [-0.15, -0.1) is 0 Å². The minimum absolute atomic E-state index is 0. The number of rotatable bonds is 4. The Hall–Kier alpha value is -1.12. The van der Waals surface area contributed by atoms with Crippen molar-refractivity contribution in [3.8, 4) is 0 Å². The van der Waals surface area contributed by atoms with Gasteiger partial charge in [0.15, 0.2) is 0 Å². The molecule has 28 heavy (non-hydrogen) atoms. The fraction of sp³-hybridized carbons (Fsp3) is 0.250. The van der Waals surface area contributed by atoms with E-state index in [1.165, 1.54) is 5.92 Å². The topological polar surface area (TPSA) is 32.7 Å². The van der Waals surface area contributed by atoms with E-state index in [1.807, 2.05) is 82.2 Å². The van der Waals surface area contributed by atoms with E-state index in [1.54, 1.807) is 5.01 Å². The molecule has 2 saturated carbocycles. The van der Waals surface area contributed by atoms with Crippen molar-refractivity contribution in [1.82, 2.24) is 0 Å². The van der Waals surface area contributed by atoms with Crippen molar-refractivity contribution >= 4 is 17.3 Å². The number of carbonyl (C=O) groups excluding carboxylic acids is 1. The molecule has 3 aliphatic rings. The van der Waals surface area contributed by atoms with E-state index in [9.17, 15) is 4.79 Å². The number of amides is 1. The maximum atomic E-state index is 13.2. The summed E-state index contributed by atoms with van der Waals surface area (Å²) in [5.41, 5.74) is 1.18. The first-order chi connectivity index (χ1) is 13.1. The molecule has 1 aliphatic heterocycles. The molecule has 3 nitrogen and oxygen atoms in total. The largest absolute Gasteiger partial charge is 2.00 e. The molecule has 10 radical (unpaired) electrons. The van der Waals surface area contributed by atoms with E-state index < -0.39 is 5.41 Å². The van der Waals surface area contributed by atoms with Gasteiger partial charge in [-0.05, 0) is 95.1 Å². The zero-order valence-electron chi connectivity index (χ0n) is 16.5. The molecule has 1 aromatic rings. The molecule has 1 aromatic carbocycles. The van der Waals surface area contributed by atoms with Crippen LogP contribution in [0.25, 0.3) is 0 Å². The quantitative estimate of drug-likeness (QED) is 0.648. The van der Waals surface area contributed by atoms with Crippen LogP contribution < -0.4 is 5.01 Å². The second kappa shape index (κ2) is 10.6. The van der Waals surface area contributed by atoms with Gasteiger partial charge in [-0.1, -0.05) is 32.0 Å². The van der Waals surface area contributed by atoms with E-state index in [4.69, 9.17) is 0 Å². The van der Waals surface area contributed by atoms with Crippen LogP contribution in [0.2, 0.25) is 0 Å². The fourth-order valence-corrected chi connectivity index (χ4v) is 3.87. The monoisotopic (exact) mass is 414 g/mol. The average Bonchev–Trinajstić information content (AvgIpc) is 3.46. The SMILES string of the molecule is CCC1(C(C)[C]2[CH][CH][CH][CH]2)C(=O)N(c2ccccc2)N=C1C.[CH]1[CH][CH][CH][CH]1.[Fe+2]. The number of hydrazone groups is 1. The Morgan fingerprint density at radius 1 is 0.964 bits per heavy atom. The third-order valence-electron chi connectivity index (χ3n) is 5.51. The van der Waals surface area contributed by atoms with Crippen LogP contribution in [0.4, 0.5) is 5.69 Å². The summed E-state index contributed by atoms with van der Waals surface area (Å²) in [7, 11) is 0. The van der Waals surface area contributed by atoms with Gasteiger partial charge in [0, 0.05) is 0 Å². The first-order valence-corrected chi connectivity index (χ1v) is 9.45. The zero-order chi connectivity index (χ0) is 19.3. The van der Waals surface area contributed by atoms with Crippen LogP contribution in [0.1, 0.15) is 27.2 Å². The Kier molecular flexibility index (Phi) is 8.77. The third-order valence-corrected chi connectivity index (χ3v) is 5.51. The molecular formula is C24H26FeN2O+2. The summed E-state index contributed by atoms with van der Waals surface area (Å²) in [5.74, 6) is 1.38. The predicted octanol–water partition coefficient (Wildman–Crippen LogP) is 4.87. The Morgan fingerprint density at radius 2 is 1.50 bits per heavy atom. The van der Waals surface area contributed by atoms with E-state index in [0.29, 0.717) is 0 Å². The maximum absolute atomic E-state index is 13.2. The number of nitrogens with zero attached hydrogens (tertiary/aromatic N) is 2. The summed E-state index contributed by atoms with van der Waals surface area (Å²) in [6.07, 6.45) is 19.0. The van der Waals surface area contributed by atoms with Gasteiger partial charge in [0.2, 0.25) is 0 Å². The van der Waals surface area contributed by atoms with Crippen LogP contribution in [0.15, 0.2) is 35.4 Å². The van der Waals surface area contributed by atoms with Gasteiger partial charge in [-0.3, -0.25) is 4.79 Å². The second-order valence-corrected chi connectivity index (χ2v) is 6.86. The van der Waals surface area contributed by atoms with Gasteiger partial charge < -0.3 is 0 Å². The van der Waals surface area contributed by atoms with Gasteiger partial charge in [-0.2, -0.15) is 10.1 Å². The smallest absolute Gasteiger partial charge is 0.271 e. The molecule has 2 aliphatic carbocycles. The number of anilines is 1. The number of carbonyl (C=O) groups is 1. The van der Waals surface area contributed by atoms with Gasteiger partial charge >= 0.3 is 17.1 Å². The Balaban J connectivity index is 0.000000408. The number of hydrogen-bond acceptors (Lipinski definition) is 2.